The van der Waals surface area contributed by atoms with Crippen molar-refractivity contribution in [3.8, 4) is 5.88 Å². The summed E-state index contributed by atoms with van der Waals surface area (Å²) >= 11 is 6.02. The molecule has 1 atom stereocenters. The Labute approximate surface area is 150 Å². The number of aliphatic hydroxyl groups is 1. The number of aliphatic hydroxyl groups excluding tert-OH is 1. The maximum Gasteiger partial charge on any atom is 0.440 e. The number of nitrogens with zero attached hydrogens (tertiary/aromatic N) is 2. The Hall–Kier alpha value is -1.18. The van der Waals surface area contributed by atoms with Crippen molar-refractivity contribution in [1.29, 1.82) is 0 Å². The van der Waals surface area contributed by atoms with E-state index >= 15 is 0 Å². The first-order valence-electron chi connectivity index (χ1n) is 7.67. The molecule has 0 saturated heterocycles. The van der Waals surface area contributed by atoms with Crippen LogP contribution in [0.15, 0.2) is 16.5 Å². The minimum atomic E-state index is -0.561. The van der Waals surface area contributed by atoms with E-state index in [4.69, 9.17) is 26.2 Å². The van der Waals surface area contributed by atoms with Crippen molar-refractivity contribution in [3.05, 3.63) is 22.8 Å². The van der Waals surface area contributed by atoms with Gasteiger partial charge in [0.05, 0.1) is 6.61 Å². The van der Waals surface area contributed by atoms with Crippen LogP contribution in [0, 0.1) is 0 Å². The summed E-state index contributed by atoms with van der Waals surface area (Å²) in [6.07, 6.45) is 2.72. The fourth-order valence-corrected chi connectivity index (χ4v) is 2.98. The van der Waals surface area contributed by atoms with Gasteiger partial charge in [-0.15, -0.1) is 0 Å². The fraction of sp³-hybridized carbons (Fsp3) is 0.625. The van der Waals surface area contributed by atoms with Gasteiger partial charge in [0.15, 0.2) is 0 Å². The molecule has 0 saturated carbocycles. The number of carbonyl (C=O) groups is 1. The van der Waals surface area contributed by atoms with Crippen molar-refractivity contribution in [1.82, 2.24) is 4.98 Å². The number of hydrogen-bond acceptors (Lipinski definition) is 5. The lowest BCUT2D eigenvalue weighted by Gasteiger charge is -2.17. The molecule has 0 aliphatic rings. The number of hydrogen-bond donors (Lipinski definition) is 1. The summed E-state index contributed by atoms with van der Waals surface area (Å²) in [4.78, 5) is 15.8. The summed E-state index contributed by atoms with van der Waals surface area (Å²) in [5, 5.41) is 9.09. The molecule has 1 N–H and O–H groups in total. The van der Waals surface area contributed by atoms with Gasteiger partial charge in [-0.1, -0.05) is 22.3 Å². The highest BCUT2D eigenvalue weighted by molar-refractivity contribution is 7.86. The molecular formula is C16H25ClN2O4S. The topological polar surface area (TPSA) is 81.0 Å². The largest absolute Gasteiger partial charge is 0.478 e. The smallest absolute Gasteiger partial charge is 0.440 e. The summed E-state index contributed by atoms with van der Waals surface area (Å²) in [5.74, 6) is 0.985. The van der Waals surface area contributed by atoms with Crippen molar-refractivity contribution in [2.45, 2.75) is 45.0 Å². The van der Waals surface area contributed by atoms with Gasteiger partial charge in [0.1, 0.15) is 10.8 Å². The van der Waals surface area contributed by atoms with E-state index in [9.17, 15) is 4.79 Å². The molecule has 0 bridgehead atoms. The fourth-order valence-electron chi connectivity index (χ4n) is 1.75. The molecule has 0 aliphatic carbocycles. The molecule has 136 valence electrons. The highest BCUT2D eigenvalue weighted by Crippen LogP contribution is 2.18. The van der Waals surface area contributed by atoms with Crippen LogP contribution in [0.25, 0.3) is 0 Å². The number of halogens is 1. The standard InChI is InChI=1S/C16H25ClN2O4S/c1-16(2,3)23-15(21)19-24(4)11-12-9-13(17)18-14(10-12)22-8-6-5-7-20/h9-10,20H,5-8,11H2,1-4H3. The maximum absolute atomic E-state index is 11.7. The van der Waals surface area contributed by atoms with Gasteiger partial charge < -0.3 is 14.6 Å². The molecule has 6 nitrogen and oxygen atoms in total. The van der Waals surface area contributed by atoms with Crippen LogP contribution >= 0.6 is 11.6 Å². The second-order valence-corrected chi connectivity index (χ2v) is 8.29. The second kappa shape index (κ2) is 9.96. The lowest BCUT2D eigenvalue weighted by molar-refractivity contribution is 0.0608. The third-order valence-electron chi connectivity index (χ3n) is 2.63. The number of unbranched alkanes of at least 4 members (excludes halogenated alkanes) is 1. The Balaban J connectivity index is 2.69. The third kappa shape index (κ3) is 9.20. The number of amides is 1. The van der Waals surface area contributed by atoms with Crippen LogP contribution in [0.5, 0.6) is 5.88 Å². The maximum atomic E-state index is 11.7. The average molecular weight is 377 g/mol. The summed E-state index contributed by atoms with van der Waals surface area (Å²) in [6, 6.07) is 3.52. The highest BCUT2D eigenvalue weighted by Gasteiger charge is 2.15. The predicted octanol–water partition coefficient (Wildman–Crippen LogP) is 3.75. The molecule has 1 rings (SSSR count). The Morgan fingerprint density at radius 3 is 2.71 bits per heavy atom. The third-order valence-corrected chi connectivity index (χ3v) is 4.04. The molecule has 0 radical (unpaired) electrons. The summed E-state index contributed by atoms with van der Waals surface area (Å²) in [7, 11) is -0.536. The lowest BCUT2D eigenvalue weighted by atomic mass is 10.2. The van der Waals surface area contributed by atoms with Crippen LogP contribution in [-0.2, 0) is 21.2 Å². The predicted molar refractivity (Wildman–Crippen MR) is 96.7 cm³/mol. The van der Waals surface area contributed by atoms with E-state index in [1.54, 1.807) is 32.9 Å². The number of rotatable bonds is 7. The van der Waals surface area contributed by atoms with E-state index in [2.05, 4.69) is 9.35 Å². The average Bonchev–Trinajstić information content (AvgIpc) is 2.40. The molecule has 24 heavy (non-hydrogen) atoms. The summed E-state index contributed by atoms with van der Waals surface area (Å²) < 4.78 is 14.8. The monoisotopic (exact) mass is 376 g/mol. The highest BCUT2D eigenvalue weighted by atomic mass is 35.5. The van der Waals surface area contributed by atoms with E-state index in [0.29, 0.717) is 29.8 Å². The number of aromatic nitrogens is 1. The van der Waals surface area contributed by atoms with Gasteiger partial charge in [-0.05, 0) is 51.5 Å². The molecule has 1 amide bonds. The molecule has 1 aromatic rings. The van der Waals surface area contributed by atoms with Gasteiger partial charge in [0.25, 0.3) is 0 Å². The van der Waals surface area contributed by atoms with Gasteiger partial charge in [-0.3, -0.25) is 0 Å². The van der Waals surface area contributed by atoms with Crippen LogP contribution in [0.4, 0.5) is 4.79 Å². The Bertz CT molecular complexity index is 588. The van der Waals surface area contributed by atoms with E-state index < -0.39 is 22.4 Å². The number of pyridine rings is 1. The van der Waals surface area contributed by atoms with Crippen LogP contribution < -0.4 is 4.74 Å². The first-order valence-corrected chi connectivity index (χ1v) is 9.81. The Morgan fingerprint density at radius 1 is 1.38 bits per heavy atom. The van der Waals surface area contributed by atoms with Crippen molar-refractivity contribution < 1.29 is 19.4 Å². The van der Waals surface area contributed by atoms with Gasteiger partial charge in [0, 0.05) is 18.4 Å². The van der Waals surface area contributed by atoms with E-state index in [0.717, 1.165) is 12.0 Å². The van der Waals surface area contributed by atoms with Crippen LogP contribution in [0.2, 0.25) is 5.15 Å². The molecule has 1 aromatic heterocycles. The zero-order valence-corrected chi connectivity index (χ0v) is 16.1. The van der Waals surface area contributed by atoms with E-state index in [1.165, 1.54) is 0 Å². The SMILES string of the molecule is C/S(Cc1cc(Cl)nc(OCCCCO)c1)=N/C(=O)OC(C)(C)C. The minimum absolute atomic E-state index is 0.141. The van der Waals surface area contributed by atoms with E-state index in [1.807, 2.05) is 6.26 Å². The molecule has 1 unspecified atom stereocenters. The van der Waals surface area contributed by atoms with E-state index in [-0.39, 0.29) is 6.61 Å². The van der Waals surface area contributed by atoms with Crippen LogP contribution in [0.1, 0.15) is 39.2 Å². The molecule has 0 spiro atoms. The minimum Gasteiger partial charge on any atom is -0.478 e. The van der Waals surface area contributed by atoms with Crippen molar-refractivity contribution in [2.24, 2.45) is 4.36 Å². The molecule has 0 aromatic carbocycles. The molecule has 1 heterocycles. The normalized spacial score (nSPS) is 12.9. The molecule has 8 heteroatoms. The molecule has 0 aliphatic heterocycles. The van der Waals surface area contributed by atoms with Gasteiger partial charge >= 0.3 is 6.09 Å². The van der Waals surface area contributed by atoms with Crippen molar-refractivity contribution in [3.63, 3.8) is 0 Å². The van der Waals surface area contributed by atoms with Crippen LogP contribution in [0.3, 0.4) is 0 Å². The lowest BCUT2D eigenvalue weighted by Crippen LogP contribution is -2.22. The number of carbonyl (C=O) groups excluding carboxylic acids is 1. The summed E-state index contributed by atoms with van der Waals surface area (Å²) in [5.41, 5.74) is 0.339. The Kier molecular flexibility index (Phi) is 8.66. The van der Waals surface area contributed by atoms with Crippen molar-refractivity contribution in [2.75, 3.05) is 19.5 Å². The van der Waals surface area contributed by atoms with Crippen molar-refractivity contribution >= 4 is 28.4 Å². The molecule has 0 fully saturated rings. The van der Waals surface area contributed by atoms with Gasteiger partial charge in [0.2, 0.25) is 5.88 Å². The van der Waals surface area contributed by atoms with Crippen LogP contribution in [-0.4, -0.2) is 41.3 Å². The summed E-state index contributed by atoms with van der Waals surface area (Å²) in [6.45, 7) is 6.02. The van der Waals surface area contributed by atoms with Gasteiger partial charge in [-0.2, -0.15) is 4.36 Å². The first kappa shape index (κ1) is 20.9. The van der Waals surface area contributed by atoms with Gasteiger partial charge in [-0.25, -0.2) is 9.78 Å². The zero-order valence-electron chi connectivity index (χ0n) is 14.5. The molecular weight excluding hydrogens is 352 g/mol. The first-order chi connectivity index (χ1) is 11.2. The quantitative estimate of drug-likeness (QED) is 0.579. The number of ether oxygens (including phenoxy) is 2. The Morgan fingerprint density at radius 2 is 2.08 bits per heavy atom. The second-order valence-electron chi connectivity index (χ2n) is 6.23. The zero-order chi connectivity index (χ0) is 18.2.